The minimum atomic E-state index is -0.522. The van der Waals surface area contributed by atoms with Gasteiger partial charge in [-0.15, -0.1) is 0 Å². The van der Waals surface area contributed by atoms with Crippen LogP contribution in [0.3, 0.4) is 0 Å². The summed E-state index contributed by atoms with van der Waals surface area (Å²) in [5, 5.41) is 5.41. The van der Waals surface area contributed by atoms with Crippen molar-refractivity contribution in [2.24, 2.45) is 16.7 Å². The Morgan fingerprint density at radius 3 is 2.31 bits per heavy atom. The van der Waals surface area contributed by atoms with Gasteiger partial charge in [-0.25, -0.2) is 9.59 Å². The maximum Gasteiger partial charge on any atom is 0.407 e. The number of hydrogen-bond donors (Lipinski definition) is 2. The number of hydrogen-bond acceptors (Lipinski definition) is 6. The molecule has 0 heterocycles. The minimum Gasteiger partial charge on any atom is -0.459 e. The van der Waals surface area contributed by atoms with Crippen LogP contribution in [0, 0.1) is 16.7 Å². The Labute approximate surface area is 174 Å². The highest BCUT2D eigenvalue weighted by molar-refractivity contribution is 5.70. The van der Waals surface area contributed by atoms with Crippen LogP contribution in [0.15, 0.2) is 0 Å². The zero-order chi connectivity index (χ0) is 22.2. The average Bonchev–Trinajstić information content (AvgIpc) is 2.55. The topological polar surface area (TPSA) is 103 Å². The lowest BCUT2D eigenvalue weighted by Crippen LogP contribution is -2.44. The molecule has 2 amide bonds. The largest absolute Gasteiger partial charge is 0.459 e. The molecule has 1 fully saturated rings. The van der Waals surface area contributed by atoms with Gasteiger partial charge in [-0.3, -0.25) is 4.79 Å². The van der Waals surface area contributed by atoms with Crippen LogP contribution in [-0.4, -0.2) is 50.6 Å². The molecule has 0 radical (unpaired) electrons. The van der Waals surface area contributed by atoms with Gasteiger partial charge in [-0.2, -0.15) is 0 Å². The number of ether oxygens (including phenoxy) is 3. The first-order valence-electron chi connectivity index (χ1n) is 10.3. The second kappa shape index (κ2) is 10.7. The van der Waals surface area contributed by atoms with Crippen molar-refractivity contribution in [1.82, 2.24) is 10.6 Å². The lowest BCUT2D eigenvalue weighted by molar-refractivity contribution is -0.152. The van der Waals surface area contributed by atoms with Crippen molar-refractivity contribution < 1.29 is 28.6 Å². The molecule has 0 saturated heterocycles. The summed E-state index contributed by atoms with van der Waals surface area (Å²) in [6, 6.07) is -0.0157. The van der Waals surface area contributed by atoms with E-state index in [0.717, 1.165) is 19.3 Å². The highest BCUT2D eigenvalue weighted by atomic mass is 16.6. The molecule has 1 aliphatic rings. The summed E-state index contributed by atoms with van der Waals surface area (Å²) in [5.74, 6) is -0.135. The van der Waals surface area contributed by atoms with Crippen LogP contribution in [-0.2, 0) is 19.0 Å². The van der Waals surface area contributed by atoms with E-state index in [0.29, 0.717) is 13.0 Å². The molecule has 2 N–H and O–H groups in total. The first kappa shape index (κ1) is 25.0. The van der Waals surface area contributed by atoms with E-state index in [-0.39, 0.29) is 35.4 Å². The fourth-order valence-electron chi connectivity index (χ4n) is 4.50. The summed E-state index contributed by atoms with van der Waals surface area (Å²) < 4.78 is 15.2. The number of carbonyl (C=O) groups excluding carboxylic acids is 3. The number of methoxy groups -OCH3 is 1. The summed E-state index contributed by atoms with van der Waals surface area (Å²) in [5.41, 5.74) is -0.0655. The zero-order valence-electron chi connectivity index (χ0n) is 18.9. The van der Waals surface area contributed by atoms with Crippen molar-refractivity contribution in [3.63, 3.8) is 0 Å². The third-order valence-corrected chi connectivity index (χ3v) is 5.02. The fraction of sp³-hybridized carbons (Fsp3) is 0.857. The smallest absolute Gasteiger partial charge is 0.407 e. The van der Waals surface area contributed by atoms with E-state index >= 15 is 0 Å². The van der Waals surface area contributed by atoms with Gasteiger partial charge in [0.1, 0.15) is 12.7 Å². The summed E-state index contributed by atoms with van der Waals surface area (Å²) in [4.78, 5) is 35.4. The van der Waals surface area contributed by atoms with E-state index in [1.807, 2.05) is 13.8 Å². The monoisotopic (exact) mass is 414 g/mol. The first-order valence-corrected chi connectivity index (χ1v) is 10.3. The quantitative estimate of drug-likeness (QED) is 0.464. The summed E-state index contributed by atoms with van der Waals surface area (Å²) in [6.07, 6.45) is 1.51. The molecule has 8 heteroatoms. The number of carbonyl (C=O) groups is 3. The molecule has 0 bridgehead atoms. The summed E-state index contributed by atoms with van der Waals surface area (Å²) in [7, 11) is 1.35. The normalized spacial score (nSPS) is 24.3. The Morgan fingerprint density at radius 2 is 1.72 bits per heavy atom. The third kappa shape index (κ3) is 9.85. The van der Waals surface area contributed by atoms with Crippen molar-refractivity contribution >= 4 is 18.2 Å². The van der Waals surface area contributed by atoms with Crippen molar-refractivity contribution in [3.05, 3.63) is 0 Å². The Kier molecular flexibility index (Phi) is 9.23. The SMILES string of the molecule is COC(=O)NCC1(C)CC(CC(=O)OC(C)COC(=O)NC(C)C)CC(C)(C)C1. The maximum absolute atomic E-state index is 12.4. The van der Waals surface area contributed by atoms with Crippen LogP contribution in [0.1, 0.15) is 67.2 Å². The van der Waals surface area contributed by atoms with E-state index in [9.17, 15) is 14.4 Å². The van der Waals surface area contributed by atoms with E-state index in [1.54, 1.807) is 6.92 Å². The maximum atomic E-state index is 12.4. The van der Waals surface area contributed by atoms with Crippen LogP contribution in [0.5, 0.6) is 0 Å². The Morgan fingerprint density at radius 1 is 1.07 bits per heavy atom. The zero-order valence-corrected chi connectivity index (χ0v) is 18.9. The summed E-state index contributed by atoms with van der Waals surface area (Å²) in [6.45, 7) is 12.4. The molecule has 0 aliphatic heterocycles. The molecule has 8 nitrogen and oxygen atoms in total. The van der Waals surface area contributed by atoms with Crippen molar-refractivity contribution in [2.45, 2.75) is 79.4 Å². The number of nitrogens with one attached hydrogen (secondary N) is 2. The van der Waals surface area contributed by atoms with Gasteiger partial charge in [0.25, 0.3) is 0 Å². The number of alkyl carbamates (subject to hydrolysis) is 2. The van der Waals surface area contributed by atoms with Crippen molar-refractivity contribution in [1.29, 1.82) is 0 Å². The minimum absolute atomic E-state index is 0.0151. The molecular formula is C21H38N2O6. The lowest BCUT2D eigenvalue weighted by atomic mass is 9.60. The average molecular weight is 415 g/mol. The van der Waals surface area contributed by atoms with Crippen molar-refractivity contribution in [2.75, 3.05) is 20.3 Å². The van der Waals surface area contributed by atoms with Gasteiger partial charge in [-0.05, 0) is 56.8 Å². The van der Waals surface area contributed by atoms with Gasteiger partial charge < -0.3 is 24.8 Å². The molecule has 0 aromatic carbocycles. The molecule has 3 atom stereocenters. The standard InChI is InChI=1S/C21H38N2O6/c1-14(2)23-19(26)28-11-15(3)29-17(24)8-16-9-20(4,5)12-21(6,10-16)13-22-18(25)27-7/h14-16H,8-13H2,1-7H3,(H,22,25)(H,23,26). The highest BCUT2D eigenvalue weighted by Crippen LogP contribution is 2.49. The Bertz CT molecular complexity index is 578. The Balaban J connectivity index is 2.54. The predicted octanol–water partition coefficient (Wildman–Crippen LogP) is 3.63. The highest BCUT2D eigenvalue weighted by Gasteiger charge is 2.42. The molecule has 0 aromatic heterocycles. The molecule has 0 spiro atoms. The van der Waals surface area contributed by atoms with Crippen molar-refractivity contribution in [3.8, 4) is 0 Å². The molecule has 168 valence electrons. The van der Waals surface area contributed by atoms with E-state index in [2.05, 4.69) is 36.1 Å². The molecule has 1 saturated carbocycles. The molecule has 3 unspecified atom stereocenters. The second-order valence-electron chi connectivity index (χ2n) is 9.67. The van der Waals surface area contributed by atoms with Crippen LogP contribution in [0.4, 0.5) is 9.59 Å². The second-order valence-corrected chi connectivity index (χ2v) is 9.67. The predicted molar refractivity (Wildman–Crippen MR) is 109 cm³/mol. The lowest BCUT2D eigenvalue weighted by Gasteiger charge is -2.46. The molecule has 1 rings (SSSR count). The first-order chi connectivity index (χ1) is 13.3. The van der Waals surface area contributed by atoms with Gasteiger partial charge in [0, 0.05) is 19.0 Å². The van der Waals surface area contributed by atoms with Gasteiger partial charge in [0.2, 0.25) is 0 Å². The van der Waals surface area contributed by atoms with E-state index in [1.165, 1.54) is 7.11 Å². The van der Waals surface area contributed by atoms with E-state index < -0.39 is 18.3 Å². The van der Waals surface area contributed by atoms with Crippen LogP contribution >= 0.6 is 0 Å². The van der Waals surface area contributed by atoms with Gasteiger partial charge in [-0.1, -0.05) is 20.8 Å². The Hall–Kier alpha value is -1.99. The summed E-state index contributed by atoms with van der Waals surface area (Å²) >= 11 is 0. The van der Waals surface area contributed by atoms with Crippen LogP contribution in [0.25, 0.3) is 0 Å². The van der Waals surface area contributed by atoms with Crippen LogP contribution < -0.4 is 10.6 Å². The molecular weight excluding hydrogens is 376 g/mol. The van der Waals surface area contributed by atoms with Crippen LogP contribution in [0.2, 0.25) is 0 Å². The number of esters is 1. The van der Waals surface area contributed by atoms with Gasteiger partial charge >= 0.3 is 18.2 Å². The fourth-order valence-corrected chi connectivity index (χ4v) is 4.50. The molecule has 1 aliphatic carbocycles. The van der Waals surface area contributed by atoms with Gasteiger partial charge in [0.05, 0.1) is 7.11 Å². The van der Waals surface area contributed by atoms with Gasteiger partial charge in [0.15, 0.2) is 0 Å². The molecule has 29 heavy (non-hydrogen) atoms. The van der Waals surface area contributed by atoms with E-state index in [4.69, 9.17) is 9.47 Å². The third-order valence-electron chi connectivity index (χ3n) is 5.02. The number of rotatable bonds is 8. The number of amides is 2. The molecule has 0 aromatic rings.